The molecule has 112 valence electrons. The summed E-state index contributed by atoms with van der Waals surface area (Å²) in [5.74, 6) is 0.440. The molecule has 1 saturated heterocycles. The number of hydrogen-bond donors (Lipinski definition) is 1. The number of fused-ring (bicyclic) bond motifs is 2. The first-order chi connectivity index (χ1) is 10.2. The summed E-state index contributed by atoms with van der Waals surface area (Å²) in [7, 11) is 0. The molecule has 0 radical (unpaired) electrons. The van der Waals surface area contributed by atoms with Crippen molar-refractivity contribution in [2.45, 2.75) is 50.0 Å². The molecule has 1 N–H and O–H groups in total. The lowest BCUT2D eigenvalue weighted by Gasteiger charge is -2.32. The standard InChI is InChI=1S/C18H23NO2/c20-14-7-4-10-19(12-14)17(21)16-11-18(16)9-3-6-13-5-1-2-8-15(13)18/h1-2,5,8,14,16,20H,3-4,6-7,9-12H2. The van der Waals surface area contributed by atoms with Crippen LogP contribution in [0.2, 0.25) is 0 Å². The molecular formula is C18H23NO2. The minimum atomic E-state index is -0.323. The molecule has 2 aliphatic carbocycles. The Kier molecular flexibility index (Phi) is 3.07. The molecule has 1 aromatic rings. The number of rotatable bonds is 1. The van der Waals surface area contributed by atoms with Gasteiger partial charge in [0.1, 0.15) is 0 Å². The van der Waals surface area contributed by atoms with Crippen LogP contribution in [0.4, 0.5) is 0 Å². The van der Waals surface area contributed by atoms with Crippen molar-refractivity contribution in [1.82, 2.24) is 4.90 Å². The second-order valence-corrected chi connectivity index (χ2v) is 7.00. The Morgan fingerprint density at radius 3 is 3.00 bits per heavy atom. The van der Waals surface area contributed by atoms with Crippen molar-refractivity contribution in [2.24, 2.45) is 5.92 Å². The van der Waals surface area contributed by atoms with Crippen molar-refractivity contribution in [3.05, 3.63) is 35.4 Å². The molecule has 0 aromatic heterocycles. The van der Waals surface area contributed by atoms with Crippen molar-refractivity contribution in [2.75, 3.05) is 13.1 Å². The maximum absolute atomic E-state index is 12.8. The van der Waals surface area contributed by atoms with Crippen LogP contribution in [0, 0.1) is 5.92 Å². The van der Waals surface area contributed by atoms with Crippen LogP contribution in [-0.2, 0) is 16.6 Å². The van der Waals surface area contributed by atoms with Gasteiger partial charge < -0.3 is 10.0 Å². The topological polar surface area (TPSA) is 40.5 Å². The van der Waals surface area contributed by atoms with E-state index in [1.54, 1.807) is 0 Å². The van der Waals surface area contributed by atoms with Gasteiger partial charge in [0.2, 0.25) is 5.91 Å². The second-order valence-electron chi connectivity index (χ2n) is 7.00. The fraction of sp³-hybridized carbons (Fsp3) is 0.611. The van der Waals surface area contributed by atoms with Gasteiger partial charge in [-0.05, 0) is 49.7 Å². The molecule has 4 rings (SSSR count). The van der Waals surface area contributed by atoms with Gasteiger partial charge in [0.05, 0.1) is 6.10 Å². The van der Waals surface area contributed by atoms with Gasteiger partial charge in [-0.1, -0.05) is 24.3 Å². The largest absolute Gasteiger partial charge is 0.391 e. The Morgan fingerprint density at radius 1 is 1.29 bits per heavy atom. The summed E-state index contributed by atoms with van der Waals surface area (Å²) in [5.41, 5.74) is 2.99. The summed E-state index contributed by atoms with van der Waals surface area (Å²) in [6, 6.07) is 8.67. The number of aryl methyl sites for hydroxylation is 1. The SMILES string of the molecule is O=C(C1CC12CCCc1ccccc12)N1CCCC(O)C1. The average molecular weight is 285 g/mol. The van der Waals surface area contributed by atoms with Crippen molar-refractivity contribution in [3.8, 4) is 0 Å². The number of benzene rings is 1. The molecule has 0 bridgehead atoms. The number of piperidine rings is 1. The average Bonchev–Trinajstić information content (AvgIpc) is 3.22. The molecular weight excluding hydrogens is 262 g/mol. The number of β-amino-alcohol motifs (C(OH)–C–C–N with tert-alkyl or cyclic N) is 1. The van der Waals surface area contributed by atoms with Crippen molar-refractivity contribution in [3.63, 3.8) is 0 Å². The van der Waals surface area contributed by atoms with E-state index < -0.39 is 0 Å². The highest BCUT2D eigenvalue weighted by molar-refractivity contribution is 5.85. The summed E-state index contributed by atoms with van der Waals surface area (Å²) < 4.78 is 0. The minimum absolute atomic E-state index is 0.119. The molecule has 1 saturated carbocycles. The third-order valence-corrected chi connectivity index (χ3v) is 5.70. The Hall–Kier alpha value is -1.35. The molecule has 1 amide bonds. The number of likely N-dealkylation sites (tertiary alicyclic amines) is 1. The quantitative estimate of drug-likeness (QED) is 0.860. The minimum Gasteiger partial charge on any atom is -0.391 e. The van der Waals surface area contributed by atoms with E-state index in [2.05, 4.69) is 24.3 Å². The Morgan fingerprint density at radius 2 is 2.14 bits per heavy atom. The molecule has 21 heavy (non-hydrogen) atoms. The lowest BCUT2D eigenvalue weighted by Crippen LogP contribution is -2.44. The molecule has 3 aliphatic rings. The van der Waals surface area contributed by atoms with Gasteiger partial charge in [0.25, 0.3) is 0 Å². The summed E-state index contributed by atoms with van der Waals surface area (Å²) in [6.45, 7) is 1.36. The van der Waals surface area contributed by atoms with Crippen LogP contribution >= 0.6 is 0 Å². The monoisotopic (exact) mass is 285 g/mol. The summed E-state index contributed by atoms with van der Waals surface area (Å²) >= 11 is 0. The van der Waals surface area contributed by atoms with Crippen LogP contribution in [0.5, 0.6) is 0 Å². The van der Waals surface area contributed by atoms with E-state index in [9.17, 15) is 9.90 Å². The molecule has 1 spiro atoms. The predicted octanol–water partition coefficient (Wildman–Crippen LogP) is 2.26. The van der Waals surface area contributed by atoms with Gasteiger partial charge in [-0.15, -0.1) is 0 Å². The van der Waals surface area contributed by atoms with E-state index in [-0.39, 0.29) is 23.3 Å². The van der Waals surface area contributed by atoms with E-state index >= 15 is 0 Å². The van der Waals surface area contributed by atoms with Crippen molar-refractivity contribution >= 4 is 5.91 Å². The van der Waals surface area contributed by atoms with E-state index in [1.165, 1.54) is 17.5 Å². The van der Waals surface area contributed by atoms with Gasteiger partial charge in [0, 0.05) is 24.4 Å². The van der Waals surface area contributed by atoms with E-state index in [4.69, 9.17) is 0 Å². The fourth-order valence-electron chi connectivity index (χ4n) is 4.53. The zero-order valence-electron chi connectivity index (χ0n) is 12.4. The number of aliphatic hydroxyl groups is 1. The van der Waals surface area contributed by atoms with E-state index in [0.29, 0.717) is 6.54 Å². The molecule has 2 fully saturated rings. The normalized spacial score (nSPS) is 34.6. The zero-order chi connectivity index (χ0) is 14.4. The van der Waals surface area contributed by atoms with Gasteiger partial charge in [-0.25, -0.2) is 0 Å². The Labute approximate surface area is 126 Å². The molecule has 1 heterocycles. The van der Waals surface area contributed by atoms with Gasteiger partial charge >= 0.3 is 0 Å². The summed E-state index contributed by atoms with van der Waals surface area (Å²) in [6.07, 6.45) is 5.96. The third kappa shape index (κ3) is 2.10. The maximum atomic E-state index is 12.8. The fourth-order valence-corrected chi connectivity index (χ4v) is 4.53. The number of hydrogen-bond acceptors (Lipinski definition) is 2. The molecule has 3 unspecified atom stereocenters. The number of amides is 1. The first-order valence-electron chi connectivity index (χ1n) is 8.26. The van der Waals surface area contributed by atoms with Crippen LogP contribution < -0.4 is 0 Å². The van der Waals surface area contributed by atoms with E-state index in [1.807, 2.05) is 4.90 Å². The van der Waals surface area contributed by atoms with Gasteiger partial charge in [-0.3, -0.25) is 4.79 Å². The van der Waals surface area contributed by atoms with Crippen molar-refractivity contribution in [1.29, 1.82) is 0 Å². The van der Waals surface area contributed by atoms with Crippen LogP contribution in [0.25, 0.3) is 0 Å². The Balaban J connectivity index is 1.56. The molecule has 3 nitrogen and oxygen atoms in total. The number of carbonyl (C=O) groups excluding carboxylic acids is 1. The Bertz CT molecular complexity index is 570. The predicted molar refractivity (Wildman–Crippen MR) is 81.0 cm³/mol. The summed E-state index contributed by atoms with van der Waals surface area (Å²) in [4.78, 5) is 14.7. The maximum Gasteiger partial charge on any atom is 0.226 e. The molecule has 1 aliphatic heterocycles. The molecule has 1 aromatic carbocycles. The van der Waals surface area contributed by atoms with Crippen LogP contribution in [0.15, 0.2) is 24.3 Å². The van der Waals surface area contributed by atoms with Crippen LogP contribution in [-0.4, -0.2) is 35.1 Å². The molecule has 3 heteroatoms. The first-order valence-corrected chi connectivity index (χ1v) is 8.26. The smallest absolute Gasteiger partial charge is 0.226 e. The third-order valence-electron chi connectivity index (χ3n) is 5.70. The zero-order valence-corrected chi connectivity index (χ0v) is 12.4. The van der Waals surface area contributed by atoms with Gasteiger partial charge in [-0.2, -0.15) is 0 Å². The van der Waals surface area contributed by atoms with Crippen molar-refractivity contribution < 1.29 is 9.90 Å². The highest BCUT2D eigenvalue weighted by Gasteiger charge is 2.60. The van der Waals surface area contributed by atoms with Gasteiger partial charge in [0.15, 0.2) is 0 Å². The highest BCUT2D eigenvalue weighted by Crippen LogP contribution is 2.60. The second kappa shape index (κ2) is 4.84. The van der Waals surface area contributed by atoms with E-state index in [0.717, 1.165) is 38.6 Å². The number of nitrogens with zero attached hydrogens (tertiary/aromatic N) is 1. The summed E-state index contributed by atoms with van der Waals surface area (Å²) in [5, 5.41) is 9.80. The number of carbonyl (C=O) groups is 1. The molecule has 3 atom stereocenters. The lowest BCUT2D eigenvalue weighted by molar-refractivity contribution is -0.136. The lowest BCUT2D eigenvalue weighted by atomic mass is 9.78. The number of aliphatic hydroxyl groups excluding tert-OH is 1. The van der Waals surface area contributed by atoms with Crippen LogP contribution in [0.3, 0.4) is 0 Å². The first kappa shape index (κ1) is 13.3. The van der Waals surface area contributed by atoms with Crippen LogP contribution in [0.1, 0.15) is 43.2 Å². The highest BCUT2D eigenvalue weighted by atomic mass is 16.3.